The Kier molecular flexibility index (Phi) is 4.73. The highest BCUT2D eigenvalue weighted by atomic mass is 32.2. The number of thioether (sulfide) groups is 1. The largest absolute Gasteiger partial charge is 0.333 e. The molecule has 1 atom stereocenters. The molecule has 26 heavy (non-hydrogen) atoms. The van der Waals surface area contributed by atoms with Gasteiger partial charge in [0.1, 0.15) is 5.25 Å². The summed E-state index contributed by atoms with van der Waals surface area (Å²) >= 11 is 2.80. The van der Waals surface area contributed by atoms with Crippen molar-refractivity contribution >= 4 is 45.2 Å². The Bertz CT molecular complexity index is 1030. The zero-order valence-corrected chi connectivity index (χ0v) is 15.6. The Morgan fingerprint density at radius 2 is 2.08 bits per heavy atom. The molecule has 0 saturated heterocycles. The van der Waals surface area contributed by atoms with Crippen LogP contribution in [0.4, 0.5) is 5.13 Å². The number of imidazole rings is 1. The SMILES string of the molecule is Cc1ccc2nc(SC(C(=O)Nc3nccs3)c3ccccc3)[nH]c2c1. The molecule has 4 aromatic rings. The summed E-state index contributed by atoms with van der Waals surface area (Å²) in [5, 5.41) is 5.61. The average Bonchev–Trinajstić information content (AvgIpc) is 3.29. The number of rotatable bonds is 5. The summed E-state index contributed by atoms with van der Waals surface area (Å²) in [6.45, 7) is 2.04. The highest BCUT2D eigenvalue weighted by molar-refractivity contribution is 8.00. The molecule has 1 unspecified atom stereocenters. The molecule has 0 saturated carbocycles. The van der Waals surface area contributed by atoms with Crippen molar-refractivity contribution < 1.29 is 4.79 Å². The van der Waals surface area contributed by atoms with Crippen LogP contribution < -0.4 is 5.32 Å². The van der Waals surface area contributed by atoms with E-state index < -0.39 is 5.25 Å². The Hall–Kier alpha value is -2.64. The fraction of sp³-hybridized carbons (Fsp3) is 0.105. The third-order valence-corrected chi connectivity index (χ3v) is 5.68. The molecule has 2 aromatic carbocycles. The summed E-state index contributed by atoms with van der Waals surface area (Å²) in [6.07, 6.45) is 1.67. The van der Waals surface area contributed by atoms with E-state index in [1.165, 1.54) is 28.7 Å². The molecular formula is C19H16N4OS2. The van der Waals surface area contributed by atoms with Gasteiger partial charge in [-0.1, -0.05) is 48.2 Å². The number of amides is 1. The van der Waals surface area contributed by atoms with Crippen molar-refractivity contribution in [3.63, 3.8) is 0 Å². The minimum atomic E-state index is -0.429. The van der Waals surface area contributed by atoms with Crippen molar-refractivity contribution in [2.45, 2.75) is 17.3 Å². The summed E-state index contributed by atoms with van der Waals surface area (Å²) < 4.78 is 0. The van der Waals surface area contributed by atoms with Crippen LogP contribution in [0.1, 0.15) is 16.4 Å². The number of nitrogens with one attached hydrogen (secondary N) is 2. The number of aryl methyl sites for hydroxylation is 1. The number of aromatic nitrogens is 3. The molecule has 2 N–H and O–H groups in total. The monoisotopic (exact) mass is 380 g/mol. The predicted octanol–water partition coefficient (Wildman–Crippen LogP) is 4.80. The molecule has 130 valence electrons. The number of anilines is 1. The van der Waals surface area contributed by atoms with Crippen LogP contribution in [-0.4, -0.2) is 20.9 Å². The Morgan fingerprint density at radius 1 is 1.23 bits per heavy atom. The lowest BCUT2D eigenvalue weighted by Crippen LogP contribution is -2.19. The maximum Gasteiger partial charge on any atom is 0.244 e. The van der Waals surface area contributed by atoms with Crippen LogP contribution >= 0.6 is 23.1 Å². The minimum Gasteiger partial charge on any atom is -0.333 e. The van der Waals surface area contributed by atoms with Crippen molar-refractivity contribution in [1.82, 2.24) is 15.0 Å². The smallest absolute Gasteiger partial charge is 0.244 e. The van der Waals surface area contributed by atoms with Crippen molar-refractivity contribution in [2.24, 2.45) is 0 Å². The normalized spacial score (nSPS) is 12.2. The van der Waals surface area contributed by atoms with Crippen LogP contribution in [0.3, 0.4) is 0 Å². The molecule has 0 aliphatic carbocycles. The van der Waals surface area contributed by atoms with Gasteiger partial charge in [0, 0.05) is 11.6 Å². The molecule has 0 radical (unpaired) electrons. The first-order valence-electron chi connectivity index (χ1n) is 8.07. The maximum atomic E-state index is 12.9. The maximum absolute atomic E-state index is 12.9. The molecule has 2 heterocycles. The lowest BCUT2D eigenvalue weighted by molar-refractivity contribution is -0.115. The van der Waals surface area contributed by atoms with Gasteiger partial charge in [-0.2, -0.15) is 0 Å². The summed E-state index contributed by atoms with van der Waals surface area (Å²) in [5.41, 5.74) is 3.95. The van der Waals surface area contributed by atoms with Crippen LogP contribution in [0.2, 0.25) is 0 Å². The summed E-state index contributed by atoms with van der Waals surface area (Å²) in [7, 11) is 0. The summed E-state index contributed by atoms with van der Waals surface area (Å²) in [6, 6.07) is 15.8. The van der Waals surface area contributed by atoms with Gasteiger partial charge in [0.2, 0.25) is 5.91 Å². The van der Waals surface area contributed by atoms with Gasteiger partial charge in [-0.25, -0.2) is 9.97 Å². The molecular weight excluding hydrogens is 364 g/mol. The van der Waals surface area contributed by atoms with Crippen LogP contribution in [-0.2, 0) is 4.79 Å². The van der Waals surface area contributed by atoms with Crippen LogP contribution in [0.15, 0.2) is 65.3 Å². The molecule has 0 aliphatic rings. The number of benzene rings is 2. The third-order valence-electron chi connectivity index (χ3n) is 3.85. The van der Waals surface area contributed by atoms with Gasteiger partial charge in [0.15, 0.2) is 10.3 Å². The molecule has 0 fully saturated rings. The molecule has 0 aliphatic heterocycles. The molecule has 1 amide bonds. The standard InChI is InChI=1S/C19H16N4OS2/c1-12-7-8-14-15(11-12)22-19(21-14)26-16(13-5-3-2-4-6-13)17(24)23-18-20-9-10-25-18/h2-11,16H,1H3,(H,21,22)(H,20,23,24). The van der Waals surface area contributed by atoms with E-state index in [-0.39, 0.29) is 5.91 Å². The topological polar surface area (TPSA) is 70.7 Å². The first-order chi connectivity index (χ1) is 12.7. The zero-order chi connectivity index (χ0) is 17.9. The van der Waals surface area contributed by atoms with Crippen LogP contribution in [0, 0.1) is 6.92 Å². The van der Waals surface area contributed by atoms with E-state index in [9.17, 15) is 4.79 Å². The molecule has 4 rings (SSSR count). The number of hydrogen-bond acceptors (Lipinski definition) is 5. The van der Waals surface area contributed by atoms with Gasteiger partial charge in [-0.15, -0.1) is 11.3 Å². The third kappa shape index (κ3) is 3.63. The first kappa shape index (κ1) is 16.8. The highest BCUT2D eigenvalue weighted by Crippen LogP contribution is 2.35. The number of aromatic amines is 1. The average molecular weight is 380 g/mol. The van der Waals surface area contributed by atoms with Crippen LogP contribution in [0.5, 0.6) is 0 Å². The van der Waals surface area contributed by atoms with Crippen molar-refractivity contribution in [3.8, 4) is 0 Å². The van der Waals surface area contributed by atoms with E-state index in [0.717, 1.165) is 16.6 Å². The number of hydrogen-bond donors (Lipinski definition) is 2. The van der Waals surface area contributed by atoms with Gasteiger partial charge in [0.25, 0.3) is 0 Å². The van der Waals surface area contributed by atoms with E-state index in [2.05, 4.69) is 26.3 Å². The van der Waals surface area contributed by atoms with E-state index in [1.807, 2.05) is 54.8 Å². The van der Waals surface area contributed by atoms with Crippen molar-refractivity contribution in [2.75, 3.05) is 5.32 Å². The van der Waals surface area contributed by atoms with E-state index in [4.69, 9.17) is 0 Å². The number of thiazole rings is 1. The van der Waals surface area contributed by atoms with Gasteiger partial charge in [-0.3, -0.25) is 4.79 Å². The number of carbonyl (C=O) groups is 1. The second-order valence-corrected chi connectivity index (χ2v) is 7.79. The van der Waals surface area contributed by atoms with E-state index in [0.29, 0.717) is 10.3 Å². The zero-order valence-electron chi connectivity index (χ0n) is 14.0. The van der Waals surface area contributed by atoms with Crippen molar-refractivity contribution in [3.05, 3.63) is 71.2 Å². The summed E-state index contributed by atoms with van der Waals surface area (Å²) in [4.78, 5) is 24.9. The lowest BCUT2D eigenvalue weighted by Gasteiger charge is -2.14. The van der Waals surface area contributed by atoms with Gasteiger partial charge in [0.05, 0.1) is 11.0 Å². The Labute approximate surface area is 158 Å². The number of fused-ring (bicyclic) bond motifs is 1. The molecule has 0 spiro atoms. The molecule has 2 aromatic heterocycles. The van der Waals surface area contributed by atoms with E-state index >= 15 is 0 Å². The first-order valence-corrected chi connectivity index (χ1v) is 9.83. The van der Waals surface area contributed by atoms with E-state index in [1.54, 1.807) is 6.20 Å². The highest BCUT2D eigenvalue weighted by Gasteiger charge is 2.24. The van der Waals surface area contributed by atoms with Crippen LogP contribution in [0.25, 0.3) is 11.0 Å². The second kappa shape index (κ2) is 7.31. The number of H-pyrrole nitrogens is 1. The Balaban J connectivity index is 1.64. The molecule has 0 bridgehead atoms. The quantitative estimate of drug-likeness (QED) is 0.488. The molecule has 7 heteroatoms. The Morgan fingerprint density at radius 3 is 2.85 bits per heavy atom. The number of nitrogens with zero attached hydrogens (tertiary/aromatic N) is 2. The predicted molar refractivity (Wildman–Crippen MR) is 107 cm³/mol. The van der Waals surface area contributed by atoms with Gasteiger partial charge < -0.3 is 10.3 Å². The second-order valence-electron chi connectivity index (χ2n) is 5.80. The summed E-state index contributed by atoms with van der Waals surface area (Å²) in [5.74, 6) is -0.118. The van der Waals surface area contributed by atoms with Gasteiger partial charge in [-0.05, 0) is 30.2 Å². The fourth-order valence-corrected chi connectivity index (χ4v) is 4.16. The van der Waals surface area contributed by atoms with Crippen molar-refractivity contribution in [1.29, 1.82) is 0 Å². The fourth-order valence-electron chi connectivity index (χ4n) is 2.62. The minimum absolute atomic E-state index is 0.118. The number of carbonyl (C=O) groups excluding carboxylic acids is 1. The van der Waals surface area contributed by atoms with Gasteiger partial charge >= 0.3 is 0 Å². The molecule has 5 nitrogen and oxygen atoms in total. The lowest BCUT2D eigenvalue weighted by atomic mass is 10.1.